The molecule has 0 unspecified atom stereocenters. The molecule has 0 aliphatic carbocycles. The van der Waals surface area contributed by atoms with E-state index in [4.69, 9.17) is 25.2 Å². The molecule has 1 aliphatic rings. The normalized spacial score (nSPS) is 12.4. The number of benzene rings is 3. The monoisotopic (exact) mass is 437 g/mol. The van der Waals surface area contributed by atoms with Gasteiger partial charge in [-0.1, -0.05) is 36.4 Å². The molecular formula is C25H19N5O3. The molecule has 33 heavy (non-hydrogen) atoms. The van der Waals surface area contributed by atoms with Crippen molar-refractivity contribution in [1.29, 1.82) is 0 Å². The lowest BCUT2D eigenvalue weighted by Gasteiger charge is -2.09. The summed E-state index contributed by atoms with van der Waals surface area (Å²) in [6, 6.07) is 22.5. The molecule has 2 aromatic heterocycles. The smallest absolute Gasteiger partial charge is 0.261 e. The maximum Gasteiger partial charge on any atom is 0.261 e. The van der Waals surface area contributed by atoms with E-state index in [-0.39, 0.29) is 12.7 Å². The molecule has 0 atom stereocenters. The lowest BCUT2D eigenvalue weighted by molar-refractivity contribution is 0.102. The summed E-state index contributed by atoms with van der Waals surface area (Å²) in [5.74, 6) is 1.35. The minimum atomic E-state index is -0.335. The lowest BCUT2D eigenvalue weighted by atomic mass is 10.2. The molecule has 0 saturated heterocycles. The number of para-hydroxylation sites is 3. The highest BCUT2D eigenvalue weighted by Crippen LogP contribution is 2.34. The first-order chi connectivity index (χ1) is 16.2. The Hall–Kier alpha value is -4.59. The molecule has 5 aromatic rings. The van der Waals surface area contributed by atoms with Gasteiger partial charge in [-0.2, -0.15) is 0 Å². The van der Waals surface area contributed by atoms with E-state index in [2.05, 4.69) is 5.32 Å². The molecule has 8 nitrogen and oxygen atoms in total. The number of rotatable bonds is 4. The maximum atomic E-state index is 13.3. The number of nitrogens with two attached hydrogens (primary N) is 1. The first kappa shape index (κ1) is 19.1. The summed E-state index contributed by atoms with van der Waals surface area (Å²) < 4.78 is 12.7. The Balaban J connectivity index is 1.50. The van der Waals surface area contributed by atoms with Crippen molar-refractivity contribution in [3.8, 4) is 11.5 Å². The average molecular weight is 437 g/mol. The molecule has 1 aliphatic heterocycles. The van der Waals surface area contributed by atoms with Crippen LogP contribution in [0.4, 0.5) is 11.5 Å². The number of amides is 1. The van der Waals surface area contributed by atoms with Gasteiger partial charge in [0, 0.05) is 5.69 Å². The van der Waals surface area contributed by atoms with Gasteiger partial charge in [0.05, 0.1) is 17.6 Å². The third-order valence-electron chi connectivity index (χ3n) is 5.63. The fourth-order valence-electron chi connectivity index (χ4n) is 4.04. The molecule has 6 rings (SSSR count). The summed E-state index contributed by atoms with van der Waals surface area (Å²) in [6.07, 6.45) is 0. The summed E-state index contributed by atoms with van der Waals surface area (Å²) in [5.41, 5.74) is 10.9. The van der Waals surface area contributed by atoms with E-state index in [0.29, 0.717) is 51.8 Å². The molecule has 0 spiro atoms. The first-order valence-electron chi connectivity index (χ1n) is 10.5. The number of anilines is 2. The number of hydrogen-bond acceptors (Lipinski definition) is 6. The van der Waals surface area contributed by atoms with Gasteiger partial charge in [-0.25, -0.2) is 9.97 Å². The van der Waals surface area contributed by atoms with E-state index >= 15 is 0 Å². The highest BCUT2D eigenvalue weighted by Gasteiger charge is 2.25. The maximum absolute atomic E-state index is 13.3. The Morgan fingerprint density at radius 2 is 1.67 bits per heavy atom. The lowest BCUT2D eigenvalue weighted by Crippen LogP contribution is -2.15. The Labute approximate surface area is 188 Å². The van der Waals surface area contributed by atoms with E-state index in [0.717, 1.165) is 11.1 Å². The zero-order chi connectivity index (χ0) is 22.4. The van der Waals surface area contributed by atoms with Crippen molar-refractivity contribution in [2.24, 2.45) is 0 Å². The molecular weight excluding hydrogens is 418 g/mol. The van der Waals surface area contributed by atoms with Crippen molar-refractivity contribution in [1.82, 2.24) is 14.5 Å². The fraction of sp³-hybridized carbons (Fsp3) is 0.0800. The molecule has 0 fully saturated rings. The number of aromatic nitrogens is 3. The molecule has 0 radical (unpaired) electrons. The molecule has 162 valence electrons. The van der Waals surface area contributed by atoms with E-state index in [1.807, 2.05) is 77.4 Å². The summed E-state index contributed by atoms with van der Waals surface area (Å²) in [4.78, 5) is 22.8. The van der Waals surface area contributed by atoms with Crippen LogP contribution in [0, 0.1) is 0 Å². The molecule has 3 N–H and O–H groups in total. The minimum absolute atomic E-state index is 0.203. The van der Waals surface area contributed by atoms with Gasteiger partial charge in [-0.05, 0) is 42.0 Å². The number of nitrogen functional groups attached to an aromatic ring is 1. The molecule has 0 bridgehead atoms. The van der Waals surface area contributed by atoms with Gasteiger partial charge < -0.3 is 25.1 Å². The van der Waals surface area contributed by atoms with Gasteiger partial charge >= 0.3 is 0 Å². The summed E-state index contributed by atoms with van der Waals surface area (Å²) in [5, 5.41) is 2.91. The van der Waals surface area contributed by atoms with Crippen LogP contribution in [0.3, 0.4) is 0 Å². The highest BCUT2D eigenvalue weighted by atomic mass is 16.7. The molecule has 0 saturated carbocycles. The summed E-state index contributed by atoms with van der Waals surface area (Å²) >= 11 is 0. The van der Waals surface area contributed by atoms with E-state index in [1.165, 1.54) is 0 Å². The highest BCUT2D eigenvalue weighted by molar-refractivity contribution is 6.16. The number of hydrogen-bond donors (Lipinski definition) is 2. The van der Waals surface area contributed by atoms with E-state index in [1.54, 1.807) is 0 Å². The first-order valence-corrected chi connectivity index (χ1v) is 10.5. The summed E-state index contributed by atoms with van der Waals surface area (Å²) in [6.45, 7) is 0.596. The molecule has 8 heteroatoms. The number of nitrogens with one attached hydrogen (secondary N) is 1. The predicted octanol–water partition coefficient (Wildman–Crippen LogP) is 4.20. The van der Waals surface area contributed by atoms with Crippen molar-refractivity contribution in [3.05, 3.63) is 83.9 Å². The van der Waals surface area contributed by atoms with Gasteiger partial charge in [0.2, 0.25) is 6.79 Å². The van der Waals surface area contributed by atoms with Gasteiger partial charge in [-0.15, -0.1) is 0 Å². The Bertz CT molecular complexity index is 1530. The second-order valence-electron chi connectivity index (χ2n) is 7.74. The Morgan fingerprint density at radius 3 is 2.48 bits per heavy atom. The summed E-state index contributed by atoms with van der Waals surface area (Å²) in [7, 11) is 0. The van der Waals surface area contributed by atoms with Crippen molar-refractivity contribution in [2.45, 2.75) is 6.54 Å². The topological polar surface area (TPSA) is 104 Å². The molecule has 3 aromatic carbocycles. The largest absolute Gasteiger partial charge is 0.454 e. The van der Waals surface area contributed by atoms with Crippen molar-refractivity contribution < 1.29 is 14.3 Å². The molecule has 1 amide bonds. The van der Waals surface area contributed by atoms with Crippen LogP contribution in [0.25, 0.3) is 22.2 Å². The van der Waals surface area contributed by atoms with Crippen molar-refractivity contribution in [2.75, 3.05) is 17.8 Å². The number of ether oxygens (including phenoxy) is 2. The minimum Gasteiger partial charge on any atom is -0.454 e. The van der Waals surface area contributed by atoms with Crippen LogP contribution in [0.1, 0.15) is 15.9 Å². The average Bonchev–Trinajstić information content (AvgIpc) is 3.40. The Morgan fingerprint density at radius 1 is 0.939 bits per heavy atom. The van der Waals surface area contributed by atoms with Crippen molar-refractivity contribution in [3.63, 3.8) is 0 Å². The fourth-order valence-corrected chi connectivity index (χ4v) is 4.04. The number of carbonyl (C=O) groups excluding carboxylic acids is 1. The Kier molecular flexibility index (Phi) is 4.36. The van der Waals surface area contributed by atoms with Gasteiger partial charge in [0.15, 0.2) is 17.1 Å². The third-order valence-corrected chi connectivity index (χ3v) is 5.63. The van der Waals surface area contributed by atoms with Crippen LogP contribution >= 0.6 is 0 Å². The van der Waals surface area contributed by atoms with Crippen LogP contribution in [-0.2, 0) is 6.54 Å². The van der Waals surface area contributed by atoms with Crippen molar-refractivity contribution >= 4 is 39.6 Å². The van der Waals surface area contributed by atoms with Crippen LogP contribution in [0.5, 0.6) is 11.5 Å². The SMILES string of the molecule is Nc1c(C(=O)Nc2ccccc2)c2nc3ccccc3nc2n1Cc1ccc2c(c1)OCO2. The van der Waals surface area contributed by atoms with E-state index < -0.39 is 0 Å². The zero-order valence-electron chi connectivity index (χ0n) is 17.5. The zero-order valence-corrected chi connectivity index (χ0v) is 17.5. The number of fused-ring (bicyclic) bond motifs is 3. The second-order valence-corrected chi connectivity index (χ2v) is 7.74. The van der Waals surface area contributed by atoms with Crippen LogP contribution in [0.15, 0.2) is 72.8 Å². The van der Waals surface area contributed by atoms with Crippen LogP contribution in [0.2, 0.25) is 0 Å². The number of carbonyl (C=O) groups is 1. The molecule has 3 heterocycles. The quantitative estimate of drug-likeness (QED) is 0.437. The number of nitrogens with zero attached hydrogens (tertiary/aromatic N) is 3. The van der Waals surface area contributed by atoms with Gasteiger partial charge in [-0.3, -0.25) is 4.79 Å². The van der Waals surface area contributed by atoms with Crippen LogP contribution < -0.4 is 20.5 Å². The third kappa shape index (κ3) is 3.28. The van der Waals surface area contributed by atoms with Gasteiger partial charge in [0.1, 0.15) is 16.9 Å². The second kappa shape index (κ2) is 7.52. The van der Waals surface area contributed by atoms with Crippen LogP contribution in [-0.4, -0.2) is 27.2 Å². The predicted molar refractivity (Wildman–Crippen MR) is 126 cm³/mol. The van der Waals surface area contributed by atoms with Gasteiger partial charge in [0.25, 0.3) is 5.91 Å². The van der Waals surface area contributed by atoms with E-state index in [9.17, 15) is 4.79 Å². The standard InChI is InChI=1S/C25H19N5O3/c26-23-21(25(31)27-16-6-2-1-3-7-16)22-24(29-18-9-5-4-8-17(18)28-22)30(23)13-15-10-11-19-20(12-15)33-14-32-19/h1-12H,13-14,26H2,(H,27,31).